The summed E-state index contributed by atoms with van der Waals surface area (Å²) in [4.78, 5) is 2.83. The minimum absolute atomic E-state index is 0.00645. The molecule has 0 aromatic carbocycles. The molecule has 0 bridgehead atoms. The Labute approximate surface area is 112 Å². The lowest BCUT2D eigenvalue weighted by molar-refractivity contribution is 0.0109. The molecule has 0 aliphatic heterocycles. The fraction of sp³-hybridized carbons (Fsp3) is 1.00. The zero-order chi connectivity index (χ0) is 14.4. The summed E-state index contributed by atoms with van der Waals surface area (Å²) in [5.41, 5.74) is 6.40. The summed E-state index contributed by atoms with van der Waals surface area (Å²) in [5, 5.41) is 3.42. The maximum Gasteiger partial charge on any atom is 0.264 e. The lowest BCUT2D eigenvalue weighted by Crippen LogP contribution is -2.13. The maximum atomic E-state index is 10.6. The highest BCUT2D eigenvalue weighted by molar-refractivity contribution is 7.85. The number of rotatable bonds is 13. The van der Waals surface area contributed by atoms with Gasteiger partial charge in [0, 0.05) is 0 Å². The number of nitrogens with one attached hydrogen (secondary N) is 1. The highest BCUT2D eigenvalue weighted by Gasteiger charge is 2.00. The molecule has 0 aliphatic rings. The van der Waals surface area contributed by atoms with Crippen molar-refractivity contribution in [2.45, 2.75) is 0 Å². The molecule has 0 aliphatic carbocycles. The predicted molar refractivity (Wildman–Crippen MR) is 65.4 cm³/mol. The normalized spacial score (nSPS) is 11.2. The Morgan fingerprint density at radius 1 is 0.947 bits per heavy atom. The number of hydrogen-bond acceptors (Lipinski definition) is 8. The molecule has 9 nitrogen and oxygen atoms in total. The SMILES string of the molecule is CS(=O)(=O)OCCOCCOCCOCCN=[N+]=N. The minimum atomic E-state index is -3.39. The van der Waals surface area contributed by atoms with Gasteiger partial charge in [-0.1, -0.05) is 0 Å². The van der Waals surface area contributed by atoms with Gasteiger partial charge in [0.1, 0.15) is 17.2 Å². The van der Waals surface area contributed by atoms with Gasteiger partial charge in [-0.15, -0.1) is 0 Å². The molecule has 0 unspecified atom stereocenters. The van der Waals surface area contributed by atoms with Crippen molar-refractivity contribution in [1.82, 2.24) is 4.91 Å². The highest BCUT2D eigenvalue weighted by atomic mass is 32.2. The van der Waals surface area contributed by atoms with E-state index in [9.17, 15) is 8.42 Å². The molecule has 0 atom stereocenters. The van der Waals surface area contributed by atoms with E-state index in [2.05, 4.69) is 14.2 Å². The molecular weight excluding hydrogens is 278 g/mol. The monoisotopic (exact) mass is 298 g/mol. The van der Waals surface area contributed by atoms with Gasteiger partial charge in [-0.25, -0.2) is 0 Å². The highest BCUT2D eigenvalue weighted by Crippen LogP contribution is 1.87. The maximum absolute atomic E-state index is 10.6. The average molecular weight is 298 g/mol. The molecule has 0 amide bonds. The van der Waals surface area contributed by atoms with E-state index in [4.69, 9.17) is 19.7 Å². The fourth-order valence-corrected chi connectivity index (χ4v) is 1.31. The first kappa shape index (κ1) is 18.1. The number of hydrogen-bond donors (Lipinski definition) is 1. The largest absolute Gasteiger partial charge is 0.377 e. The summed E-state index contributed by atoms with van der Waals surface area (Å²) in [6, 6.07) is 0. The van der Waals surface area contributed by atoms with E-state index in [0.29, 0.717) is 39.6 Å². The van der Waals surface area contributed by atoms with E-state index in [-0.39, 0.29) is 13.2 Å². The third-order valence-corrected chi connectivity index (χ3v) is 2.27. The van der Waals surface area contributed by atoms with Crippen LogP contribution < -0.4 is 4.91 Å². The molecule has 0 fully saturated rings. The van der Waals surface area contributed by atoms with Crippen molar-refractivity contribution in [1.29, 1.82) is 5.53 Å². The molecule has 1 N–H and O–H groups in total. The van der Waals surface area contributed by atoms with Crippen LogP contribution in [-0.4, -0.2) is 67.5 Å². The fourth-order valence-electron chi connectivity index (χ4n) is 0.942. The first-order valence-corrected chi connectivity index (χ1v) is 7.49. The van der Waals surface area contributed by atoms with Crippen LogP contribution in [0.3, 0.4) is 0 Å². The first-order valence-electron chi connectivity index (χ1n) is 5.67. The molecule has 0 heterocycles. The second-order valence-electron chi connectivity index (χ2n) is 3.33. The van der Waals surface area contributed by atoms with E-state index >= 15 is 0 Å². The molecule has 0 radical (unpaired) electrons. The van der Waals surface area contributed by atoms with Gasteiger partial charge >= 0.3 is 0 Å². The zero-order valence-electron chi connectivity index (χ0n) is 10.9. The standard InChI is InChI=1S/C9H20N3O6S/c1-19(13,14)18-9-8-17-7-6-16-5-4-15-3-2-11-12-10/h10H,2-9H2,1H3/q+1. The van der Waals surface area contributed by atoms with Crippen LogP contribution in [0.4, 0.5) is 0 Å². The van der Waals surface area contributed by atoms with Gasteiger partial charge in [0.15, 0.2) is 0 Å². The summed E-state index contributed by atoms with van der Waals surface area (Å²) in [5.74, 6) is 0. The van der Waals surface area contributed by atoms with Crippen molar-refractivity contribution < 1.29 is 26.8 Å². The first-order chi connectivity index (χ1) is 9.06. The second kappa shape index (κ2) is 12.2. The Morgan fingerprint density at radius 3 is 1.89 bits per heavy atom. The van der Waals surface area contributed by atoms with Crippen LogP contribution >= 0.6 is 0 Å². The van der Waals surface area contributed by atoms with E-state index < -0.39 is 10.1 Å². The van der Waals surface area contributed by atoms with Crippen LogP contribution in [0, 0.1) is 5.53 Å². The van der Waals surface area contributed by atoms with Gasteiger partial charge in [0.2, 0.25) is 4.91 Å². The molecule has 112 valence electrons. The summed E-state index contributed by atoms with van der Waals surface area (Å²) >= 11 is 0. The zero-order valence-corrected chi connectivity index (χ0v) is 11.7. The van der Waals surface area contributed by atoms with Gasteiger partial charge in [0.25, 0.3) is 10.1 Å². The third kappa shape index (κ3) is 17.1. The van der Waals surface area contributed by atoms with Crippen LogP contribution in [0.5, 0.6) is 0 Å². The molecule has 0 saturated carbocycles. The summed E-state index contributed by atoms with van der Waals surface area (Å²) in [6.45, 7) is 2.61. The Hall–Kier alpha value is -0.900. The average Bonchev–Trinajstić information content (AvgIpc) is 2.34. The van der Waals surface area contributed by atoms with E-state index in [1.165, 1.54) is 0 Å². The van der Waals surface area contributed by atoms with Gasteiger partial charge in [0.05, 0.1) is 52.5 Å². The second-order valence-corrected chi connectivity index (χ2v) is 4.97. The quantitative estimate of drug-likeness (QED) is 0.213. The molecule has 0 aromatic heterocycles. The Balaban J connectivity index is 3.09. The summed E-state index contributed by atoms with van der Waals surface area (Å²) in [7, 11) is -3.39. The molecule has 0 spiro atoms. The smallest absolute Gasteiger partial charge is 0.264 e. The Bertz CT molecular complexity index is 355. The molecule has 0 rings (SSSR count). The molecule has 19 heavy (non-hydrogen) atoms. The van der Waals surface area contributed by atoms with Gasteiger partial charge in [-0.05, 0) is 0 Å². The molecule has 0 aromatic rings. The van der Waals surface area contributed by atoms with Crippen molar-refractivity contribution >= 4 is 10.1 Å². The van der Waals surface area contributed by atoms with E-state index in [1.807, 2.05) is 0 Å². The van der Waals surface area contributed by atoms with E-state index in [1.54, 1.807) is 0 Å². The minimum Gasteiger partial charge on any atom is -0.377 e. The number of nitrogens with zero attached hydrogens (tertiary/aromatic N) is 2. The summed E-state index contributed by atoms with van der Waals surface area (Å²) < 4.78 is 41.1. The van der Waals surface area contributed by atoms with Crippen molar-refractivity contribution in [3.8, 4) is 0 Å². The van der Waals surface area contributed by atoms with Crippen LogP contribution in [0.25, 0.3) is 0 Å². The van der Waals surface area contributed by atoms with Crippen LogP contribution in [-0.2, 0) is 28.5 Å². The third-order valence-electron chi connectivity index (χ3n) is 1.68. The Morgan fingerprint density at radius 2 is 1.42 bits per heavy atom. The van der Waals surface area contributed by atoms with Gasteiger partial charge in [-0.3, -0.25) is 4.18 Å². The lowest BCUT2D eigenvalue weighted by Gasteiger charge is -2.05. The number of ether oxygens (including phenoxy) is 3. The predicted octanol–water partition coefficient (Wildman–Crippen LogP) is -0.437. The topological polar surface area (TPSA) is 121 Å². The summed E-state index contributed by atoms with van der Waals surface area (Å²) in [6.07, 6.45) is 0.988. The van der Waals surface area contributed by atoms with E-state index in [0.717, 1.165) is 6.26 Å². The van der Waals surface area contributed by atoms with Gasteiger partial charge in [-0.2, -0.15) is 8.42 Å². The molecule has 0 saturated heterocycles. The van der Waals surface area contributed by atoms with Crippen LogP contribution in [0.2, 0.25) is 0 Å². The van der Waals surface area contributed by atoms with Crippen LogP contribution in [0.15, 0.2) is 5.11 Å². The molecule has 10 heteroatoms. The van der Waals surface area contributed by atoms with Crippen molar-refractivity contribution in [2.75, 3.05) is 59.0 Å². The molecular formula is C9H20N3O6S+. The van der Waals surface area contributed by atoms with Gasteiger partial charge < -0.3 is 14.2 Å². The van der Waals surface area contributed by atoms with Crippen molar-refractivity contribution in [2.24, 2.45) is 5.11 Å². The van der Waals surface area contributed by atoms with Crippen LogP contribution in [0.1, 0.15) is 0 Å². The van der Waals surface area contributed by atoms with Crippen molar-refractivity contribution in [3.63, 3.8) is 0 Å². The Kier molecular flexibility index (Phi) is 11.6. The van der Waals surface area contributed by atoms with Crippen molar-refractivity contribution in [3.05, 3.63) is 0 Å². The lowest BCUT2D eigenvalue weighted by atomic mass is 10.7.